The SMILES string of the molecule is CCN(CC)CCN1CC(=O)NC2(CSC3=C2C(=O)c2ccccc2C3=O)C1=O. The number of thioether (sulfide) groups is 1. The topological polar surface area (TPSA) is 86.8 Å². The maximum atomic E-state index is 13.5. The molecule has 1 atom stereocenters. The van der Waals surface area contributed by atoms with Crippen LogP contribution in [-0.4, -0.2) is 77.2 Å². The van der Waals surface area contributed by atoms with E-state index in [2.05, 4.69) is 10.2 Å². The number of carbonyl (C=O) groups is 4. The molecule has 0 aromatic heterocycles. The molecule has 3 aliphatic rings. The number of hydrogen-bond acceptors (Lipinski definition) is 6. The van der Waals surface area contributed by atoms with Crippen LogP contribution in [0.2, 0.25) is 0 Å². The predicted molar refractivity (Wildman–Crippen MR) is 110 cm³/mol. The summed E-state index contributed by atoms with van der Waals surface area (Å²) < 4.78 is 0. The van der Waals surface area contributed by atoms with Gasteiger partial charge in [0.15, 0.2) is 11.3 Å². The van der Waals surface area contributed by atoms with Crippen LogP contribution >= 0.6 is 11.8 Å². The zero-order valence-corrected chi connectivity index (χ0v) is 17.3. The van der Waals surface area contributed by atoms with E-state index < -0.39 is 5.54 Å². The average Bonchev–Trinajstić information content (AvgIpc) is 3.10. The zero-order valence-electron chi connectivity index (χ0n) is 16.5. The summed E-state index contributed by atoms with van der Waals surface area (Å²) in [5.74, 6) is -1.05. The van der Waals surface area contributed by atoms with Gasteiger partial charge in [-0.3, -0.25) is 19.2 Å². The fraction of sp³-hybridized carbons (Fsp3) is 0.429. The van der Waals surface area contributed by atoms with Crippen molar-refractivity contribution in [2.45, 2.75) is 19.4 Å². The summed E-state index contributed by atoms with van der Waals surface area (Å²) in [6, 6.07) is 6.64. The number of fused-ring (bicyclic) bond motifs is 2. The van der Waals surface area contributed by atoms with Gasteiger partial charge < -0.3 is 15.1 Å². The number of piperazine rings is 1. The van der Waals surface area contributed by atoms with Gasteiger partial charge in [-0.05, 0) is 13.1 Å². The monoisotopic (exact) mass is 413 g/mol. The third kappa shape index (κ3) is 3.02. The number of Topliss-reactive ketones (excluding diaryl/α,β-unsaturated/α-hetero) is 2. The van der Waals surface area contributed by atoms with Crippen LogP contribution in [0.4, 0.5) is 0 Å². The van der Waals surface area contributed by atoms with Crippen molar-refractivity contribution in [1.82, 2.24) is 15.1 Å². The molecule has 1 saturated heterocycles. The molecule has 1 fully saturated rings. The van der Waals surface area contributed by atoms with Gasteiger partial charge in [-0.1, -0.05) is 38.1 Å². The van der Waals surface area contributed by atoms with Gasteiger partial charge in [-0.15, -0.1) is 11.8 Å². The second-order valence-corrected chi connectivity index (χ2v) is 8.39. The molecular weight excluding hydrogens is 390 g/mol. The van der Waals surface area contributed by atoms with Gasteiger partial charge >= 0.3 is 0 Å². The molecule has 0 bridgehead atoms. The molecule has 1 aliphatic carbocycles. The van der Waals surface area contributed by atoms with E-state index in [4.69, 9.17) is 0 Å². The number of ketones is 2. The first-order valence-corrected chi connectivity index (χ1v) is 10.8. The standard InChI is InChI=1S/C21H23N3O4S/c1-3-23(4-2)9-10-24-11-15(25)22-21(20(24)28)12-29-19-16(21)17(26)13-7-5-6-8-14(13)18(19)27/h5-8H,3-4,9-12H2,1-2H3,(H,22,25). The Hall–Kier alpha value is -2.45. The van der Waals surface area contributed by atoms with Gasteiger partial charge in [-0.2, -0.15) is 0 Å². The molecular formula is C21H23N3O4S. The normalized spacial score (nSPS) is 23.8. The van der Waals surface area contributed by atoms with Crippen molar-refractivity contribution in [3.05, 3.63) is 45.9 Å². The van der Waals surface area contributed by atoms with E-state index in [9.17, 15) is 19.2 Å². The van der Waals surface area contributed by atoms with Gasteiger partial charge in [-0.25, -0.2) is 0 Å². The molecule has 0 radical (unpaired) electrons. The summed E-state index contributed by atoms with van der Waals surface area (Å²) in [5, 5.41) is 2.77. The van der Waals surface area contributed by atoms with Gasteiger partial charge in [0.2, 0.25) is 11.7 Å². The number of allylic oxidation sites excluding steroid dienone is 1. The largest absolute Gasteiger partial charge is 0.336 e. The molecule has 8 heteroatoms. The summed E-state index contributed by atoms with van der Waals surface area (Å²) >= 11 is 1.18. The molecule has 2 aliphatic heterocycles. The van der Waals surface area contributed by atoms with Crippen LogP contribution < -0.4 is 5.32 Å². The van der Waals surface area contributed by atoms with E-state index in [0.29, 0.717) is 24.2 Å². The van der Waals surface area contributed by atoms with Gasteiger partial charge in [0.05, 0.1) is 17.0 Å². The van der Waals surface area contributed by atoms with Crippen LogP contribution in [0, 0.1) is 0 Å². The lowest BCUT2D eigenvalue weighted by molar-refractivity contribution is -0.147. The number of rotatable bonds is 5. The maximum Gasteiger partial charge on any atom is 0.254 e. The summed E-state index contributed by atoms with van der Waals surface area (Å²) in [7, 11) is 0. The first-order chi connectivity index (χ1) is 13.9. The molecule has 1 aromatic rings. The summed E-state index contributed by atoms with van der Waals surface area (Å²) in [4.78, 5) is 56.2. The van der Waals surface area contributed by atoms with Gasteiger partial charge in [0, 0.05) is 30.0 Å². The van der Waals surface area contributed by atoms with E-state index in [-0.39, 0.29) is 46.2 Å². The van der Waals surface area contributed by atoms with Crippen LogP contribution in [0.5, 0.6) is 0 Å². The lowest BCUT2D eigenvalue weighted by atomic mass is 9.78. The quantitative estimate of drug-likeness (QED) is 0.778. The average molecular weight is 413 g/mol. The Balaban J connectivity index is 1.70. The molecule has 152 valence electrons. The number of likely N-dealkylation sites (N-methyl/N-ethyl adjacent to an activating group) is 1. The Morgan fingerprint density at radius 2 is 1.72 bits per heavy atom. The second kappa shape index (κ2) is 7.42. The number of carbonyl (C=O) groups excluding carboxylic acids is 4. The Bertz CT molecular complexity index is 953. The Labute approximate surface area is 173 Å². The molecule has 0 saturated carbocycles. The number of nitrogens with zero attached hydrogens (tertiary/aromatic N) is 2. The molecule has 1 aromatic carbocycles. The number of nitrogens with one attached hydrogen (secondary N) is 1. The Morgan fingerprint density at radius 3 is 2.38 bits per heavy atom. The molecule has 2 heterocycles. The first kappa shape index (κ1) is 19.8. The summed E-state index contributed by atoms with van der Waals surface area (Å²) in [5.41, 5.74) is -0.676. The minimum Gasteiger partial charge on any atom is -0.336 e. The predicted octanol–water partition coefficient (Wildman–Crippen LogP) is 1.11. The smallest absolute Gasteiger partial charge is 0.254 e. The van der Waals surface area contributed by atoms with Crippen molar-refractivity contribution in [2.75, 3.05) is 38.5 Å². The zero-order chi connectivity index (χ0) is 20.8. The third-order valence-electron chi connectivity index (χ3n) is 5.86. The third-order valence-corrected chi connectivity index (χ3v) is 7.11. The van der Waals surface area contributed by atoms with Crippen molar-refractivity contribution in [3.63, 3.8) is 0 Å². The van der Waals surface area contributed by atoms with Crippen molar-refractivity contribution in [3.8, 4) is 0 Å². The maximum absolute atomic E-state index is 13.5. The van der Waals surface area contributed by atoms with Crippen molar-refractivity contribution in [1.29, 1.82) is 0 Å². The van der Waals surface area contributed by atoms with Gasteiger partial charge in [0.1, 0.15) is 0 Å². The van der Waals surface area contributed by atoms with E-state index in [1.54, 1.807) is 24.3 Å². The fourth-order valence-electron chi connectivity index (χ4n) is 4.23. The number of benzene rings is 1. The van der Waals surface area contributed by atoms with Crippen molar-refractivity contribution < 1.29 is 19.2 Å². The minimum absolute atomic E-state index is 0.0339. The highest BCUT2D eigenvalue weighted by molar-refractivity contribution is 8.04. The molecule has 1 spiro atoms. The van der Waals surface area contributed by atoms with E-state index in [0.717, 1.165) is 13.1 Å². The van der Waals surface area contributed by atoms with Crippen LogP contribution in [0.3, 0.4) is 0 Å². The lowest BCUT2D eigenvalue weighted by Crippen LogP contribution is -2.69. The molecule has 7 nitrogen and oxygen atoms in total. The fourth-order valence-corrected chi connectivity index (χ4v) is 5.58. The molecule has 1 N–H and O–H groups in total. The molecule has 29 heavy (non-hydrogen) atoms. The van der Waals surface area contributed by atoms with Crippen LogP contribution in [0.1, 0.15) is 34.6 Å². The summed E-state index contributed by atoms with van der Waals surface area (Å²) in [6.45, 7) is 6.82. The molecule has 1 unspecified atom stereocenters. The van der Waals surface area contributed by atoms with Crippen LogP contribution in [-0.2, 0) is 9.59 Å². The molecule has 2 amide bonds. The lowest BCUT2D eigenvalue weighted by Gasteiger charge is -2.41. The van der Waals surface area contributed by atoms with E-state index >= 15 is 0 Å². The number of amides is 2. The van der Waals surface area contributed by atoms with Crippen molar-refractivity contribution >= 4 is 35.1 Å². The highest BCUT2D eigenvalue weighted by atomic mass is 32.2. The molecule has 4 rings (SSSR count). The summed E-state index contributed by atoms with van der Waals surface area (Å²) in [6.07, 6.45) is 0. The van der Waals surface area contributed by atoms with Crippen molar-refractivity contribution in [2.24, 2.45) is 0 Å². The first-order valence-electron chi connectivity index (χ1n) is 9.81. The second-order valence-electron chi connectivity index (χ2n) is 7.40. The Kier molecular flexibility index (Phi) is 5.08. The van der Waals surface area contributed by atoms with E-state index in [1.807, 2.05) is 13.8 Å². The van der Waals surface area contributed by atoms with Gasteiger partial charge in [0.25, 0.3) is 5.91 Å². The van der Waals surface area contributed by atoms with Crippen LogP contribution in [0.15, 0.2) is 34.7 Å². The minimum atomic E-state index is -1.46. The number of hydrogen-bond donors (Lipinski definition) is 1. The highest BCUT2D eigenvalue weighted by Crippen LogP contribution is 2.46. The highest BCUT2D eigenvalue weighted by Gasteiger charge is 2.58. The Morgan fingerprint density at radius 1 is 1.07 bits per heavy atom. The van der Waals surface area contributed by atoms with Crippen LogP contribution in [0.25, 0.3) is 0 Å². The van der Waals surface area contributed by atoms with E-state index in [1.165, 1.54) is 16.7 Å².